The molecule has 150 valence electrons. The van der Waals surface area contributed by atoms with E-state index in [-0.39, 0.29) is 17.9 Å². The number of aromatic nitrogens is 1. The van der Waals surface area contributed by atoms with Crippen LogP contribution in [0.3, 0.4) is 0 Å². The lowest BCUT2D eigenvalue weighted by atomic mass is 10.0. The lowest BCUT2D eigenvalue weighted by Crippen LogP contribution is -2.42. The van der Waals surface area contributed by atoms with E-state index in [1.807, 2.05) is 37.8 Å². The third-order valence-electron chi connectivity index (χ3n) is 5.59. The van der Waals surface area contributed by atoms with Crippen LogP contribution in [0, 0.1) is 20.8 Å². The van der Waals surface area contributed by atoms with Gasteiger partial charge in [0.15, 0.2) is 0 Å². The molecule has 1 N–H and O–H groups in total. The summed E-state index contributed by atoms with van der Waals surface area (Å²) in [5, 5.41) is 6.87. The van der Waals surface area contributed by atoms with Crippen LogP contribution >= 0.6 is 0 Å². The molecule has 3 rings (SSSR count). The van der Waals surface area contributed by atoms with Gasteiger partial charge in [0.2, 0.25) is 5.91 Å². The van der Waals surface area contributed by atoms with Crippen LogP contribution in [0.4, 0.5) is 5.69 Å². The molecule has 1 atom stereocenters. The maximum atomic E-state index is 12.8. The van der Waals surface area contributed by atoms with Crippen molar-refractivity contribution in [1.29, 1.82) is 0 Å². The second-order valence-corrected chi connectivity index (χ2v) is 7.72. The van der Waals surface area contributed by atoms with Crippen molar-refractivity contribution in [2.24, 2.45) is 0 Å². The van der Waals surface area contributed by atoms with E-state index in [0.29, 0.717) is 18.4 Å². The molecule has 0 spiro atoms. The van der Waals surface area contributed by atoms with Crippen LogP contribution in [0.25, 0.3) is 0 Å². The molecule has 2 heterocycles. The summed E-state index contributed by atoms with van der Waals surface area (Å²) in [6.45, 7) is 8.58. The van der Waals surface area contributed by atoms with Gasteiger partial charge in [0.1, 0.15) is 5.76 Å². The molecule has 1 saturated heterocycles. The van der Waals surface area contributed by atoms with Gasteiger partial charge in [-0.05, 0) is 77.1 Å². The first-order chi connectivity index (χ1) is 13.4. The normalized spacial score (nSPS) is 16.9. The number of piperidine rings is 1. The third-order valence-corrected chi connectivity index (χ3v) is 5.59. The molecule has 0 aliphatic carbocycles. The first-order valence-corrected chi connectivity index (χ1v) is 10.00. The second kappa shape index (κ2) is 8.59. The number of nitrogens with zero attached hydrogens (tertiary/aromatic N) is 2. The minimum atomic E-state index is -0.0631. The number of aryl methyl sites for hydroxylation is 3. The average molecular weight is 383 g/mol. The van der Waals surface area contributed by atoms with E-state index in [0.717, 1.165) is 47.7 Å². The number of rotatable bonds is 5. The largest absolute Gasteiger partial charge is 0.361 e. The van der Waals surface area contributed by atoms with Crippen LogP contribution in [-0.4, -0.2) is 34.5 Å². The van der Waals surface area contributed by atoms with Gasteiger partial charge in [-0.15, -0.1) is 0 Å². The van der Waals surface area contributed by atoms with Crippen molar-refractivity contribution in [2.75, 3.05) is 11.9 Å². The van der Waals surface area contributed by atoms with Crippen molar-refractivity contribution in [1.82, 2.24) is 10.1 Å². The van der Waals surface area contributed by atoms with Gasteiger partial charge >= 0.3 is 0 Å². The second-order valence-electron chi connectivity index (χ2n) is 7.72. The maximum Gasteiger partial charge on any atom is 0.254 e. The number of anilines is 1. The van der Waals surface area contributed by atoms with Crippen molar-refractivity contribution in [2.45, 2.75) is 65.8 Å². The highest BCUT2D eigenvalue weighted by molar-refractivity contribution is 5.96. The highest BCUT2D eigenvalue weighted by Gasteiger charge is 2.24. The average Bonchev–Trinajstić information content (AvgIpc) is 2.99. The lowest BCUT2D eigenvalue weighted by molar-refractivity contribution is -0.116. The lowest BCUT2D eigenvalue weighted by Gasteiger charge is -2.33. The van der Waals surface area contributed by atoms with Gasteiger partial charge in [0.05, 0.1) is 5.69 Å². The van der Waals surface area contributed by atoms with E-state index < -0.39 is 0 Å². The summed E-state index contributed by atoms with van der Waals surface area (Å²) in [6.07, 6.45) is 4.25. The molecule has 1 aromatic carbocycles. The smallest absolute Gasteiger partial charge is 0.254 e. The Morgan fingerprint density at radius 1 is 1.25 bits per heavy atom. The van der Waals surface area contributed by atoms with Crippen LogP contribution in [0.2, 0.25) is 0 Å². The number of carbonyl (C=O) groups is 2. The molecular weight excluding hydrogens is 354 g/mol. The van der Waals surface area contributed by atoms with Crippen molar-refractivity contribution in [3.8, 4) is 0 Å². The van der Waals surface area contributed by atoms with E-state index in [1.165, 1.54) is 6.42 Å². The zero-order valence-electron chi connectivity index (χ0n) is 17.2. The fourth-order valence-corrected chi connectivity index (χ4v) is 3.81. The molecule has 0 radical (unpaired) electrons. The monoisotopic (exact) mass is 383 g/mol. The van der Waals surface area contributed by atoms with Crippen molar-refractivity contribution in [3.05, 3.63) is 46.3 Å². The Labute approximate surface area is 166 Å². The fourth-order valence-electron chi connectivity index (χ4n) is 3.81. The number of nitrogens with one attached hydrogen (secondary N) is 1. The fraction of sp³-hybridized carbons (Fsp3) is 0.500. The maximum absolute atomic E-state index is 12.8. The van der Waals surface area contributed by atoms with Gasteiger partial charge in [0.25, 0.3) is 5.91 Å². The molecule has 1 aromatic heterocycles. The van der Waals surface area contributed by atoms with Crippen LogP contribution < -0.4 is 5.32 Å². The highest BCUT2D eigenvalue weighted by Crippen LogP contribution is 2.23. The molecule has 28 heavy (non-hydrogen) atoms. The predicted octanol–water partition coefficient (Wildman–Crippen LogP) is 4.19. The Hall–Kier alpha value is -2.63. The van der Waals surface area contributed by atoms with Crippen molar-refractivity contribution in [3.63, 3.8) is 0 Å². The van der Waals surface area contributed by atoms with Gasteiger partial charge in [-0.3, -0.25) is 9.59 Å². The number of hydrogen-bond acceptors (Lipinski definition) is 4. The molecule has 1 aliphatic heterocycles. The minimum absolute atomic E-state index is 0.0631. The van der Waals surface area contributed by atoms with E-state index in [9.17, 15) is 9.59 Å². The first kappa shape index (κ1) is 20.1. The molecular formula is C22H29N3O3. The van der Waals surface area contributed by atoms with Crippen LogP contribution in [0.1, 0.15) is 65.5 Å². The van der Waals surface area contributed by atoms with Gasteiger partial charge in [-0.2, -0.15) is 0 Å². The van der Waals surface area contributed by atoms with Crippen LogP contribution in [-0.2, 0) is 11.2 Å². The molecule has 1 unspecified atom stereocenters. The summed E-state index contributed by atoms with van der Waals surface area (Å²) >= 11 is 0. The van der Waals surface area contributed by atoms with Gasteiger partial charge in [-0.1, -0.05) is 5.16 Å². The van der Waals surface area contributed by atoms with E-state index >= 15 is 0 Å². The number of benzene rings is 1. The summed E-state index contributed by atoms with van der Waals surface area (Å²) in [4.78, 5) is 27.1. The SMILES string of the molecule is Cc1cc(C(=O)N2CCCCC2C)ccc1NC(=O)CCc1c(C)noc1C. The summed E-state index contributed by atoms with van der Waals surface area (Å²) in [6, 6.07) is 5.78. The molecule has 0 saturated carbocycles. The highest BCUT2D eigenvalue weighted by atomic mass is 16.5. The van der Waals surface area contributed by atoms with Crippen molar-refractivity contribution < 1.29 is 14.1 Å². The number of hydrogen-bond donors (Lipinski definition) is 1. The molecule has 1 fully saturated rings. The summed E-state index contributed by atoms with van der Waals surface area (Å²) < 4.78 is 5.14. The number of carbonyl (C=O) groups excluding carboxylic acids is 2. The number of likely N-dealkylation sites (tertiary alicyclic amines) is 1. The summed E-state index contributed by atoms with van der Waals surface area (Å²) in [5.41, 5.74) is 4.13. The summed E-state index contributed by atoms with van der Waals surface area (Å²) in [7, 11) is 0. The Balaban J connectivity index is 1.62. The van der Waals surface area contributed by atoms with Gasteiger partial charge < -0.3 is 14.7 Å². The van der Waals surface area contributed by atoms with Crippen LogP contribution in [0.5, 0.6) is 0 Å². The van der Waals surface area contributed by atoms with E-state index in [4.69, 9.17) is 4.52 Å². The van der Waals surface area contributed by atoms with E-state index in [1.54, 1.807) is 6.07 Å². The Morgan fingerprint density at radius 2 is 2.04 bits per heavy atom. The molecule has 0 bridgehead atoms. The third kappa shape index (κ3) is 4.43. The van der Waals surface area contributed by atoms with E-state index in [2.05, 4.69) is 17.4 Å². The molecule has 6 heteroatoms. The van der Waals surface area contributed by atoms with Crippen molar-refractivity contribution >= 4 is 17.5 Å². The Morgan fingerprint density at radius 3 is 2.68 bits per heavy atom. The first-order valence-electron chi connectivity index (χ1n) is 10.00. The molecule has 2 amide bonds. The summed E-state index contributed by atoms with van der Waals surface area (Å²) in [5.74, 6) is 0.773. The minimum Gasteiger partial charge on any atom is -0.361 e. The van der Waals surface area contributed by atoms with Gasteiger partial charge in [-0.25, -0.2) is 0 Å². The van der Waals surface area contributed by atoms with Crippen LogP contribution in [0.15, 0.2) is 22.7 Å². The quantitative estimate of drug-likeness (QED) is 0.840. The predicted molar refractivity (Wildman–Crippen MR) is 108 cm³/mol. The Bertz CT molecular complexity index is 852. The number of amides is 2. The molecule has 1 aliphatic rings. The Kier molecular flexibility index (Phi) is 6.17. The standard InChI is InChI=1S/C22H29N3O3/c1-14-13-18(22(27)25-12-6-5-7-15(25)2)8-10-20(14)23-21(26)11-9-19-16(3)24-28-17(19)4/h8,10,13,15H,5-7,9,11-12H2,1-4H3,(H,23,26). The topological polar surface area (TPSA) is 75.4 Å². The molecule has 2 aromatic rings. The zero-order chi connectivity index (χ0) is 20.3. The van der Waals surface area contributed by atoms with Gasteiger partial charge in [0, 0.05) is 35.8 Å². The zero-order valence-corrected chi connectivity index (χ0v) is 17.2. The molecule has 6 nitrogen and oxygen atoms in total.